The van der Waals surface area contributed by atoms with Gasteiger partial charge in [0.2, 0.25) is 17.7 Å². The molecule has 0 fully saturated rings. The summed E-state index contributed by atoms with van der Waals surface area (Å²) in [6.07, 6.45) is 0. The highest BCUT2D eigenvalue weighted by Gasteiger charge is 2.25. The topological polar surface area (TPSA) is 68.3 Å². The molecule has 0 unspecified atom stereocenters. The van der Waals surface area contributed by atoms with Crippen molar-refractivity contribution in [2.45, 2.75) is 18.2 Å². The molecule has 0 amide bonds. The van der Waals surface area contributed by atoms with E-state index in [1.165, 1.54) is 24.3 Å². The minimum atomic E-state index is -3.66. The maximum Gasteiger partial charge on any atom is 0.235 e. The lowest BCUT2D eigenvalue weighted by molar-refractivity contribution is 0.608. The number of hydrogen-bond donors (Lipinski definition) is 0. The Morgan fingerprint density at radius 2 is 1.00 bits per heavy atom. The first kappa shape index (κ1) is 20.1. The lowest BCUT2D eigenvalue weighted by atomic mass is 10.4. The Morgan fingerprint density at radius 1 is 0.654 bits per heavy atom. The van der Waals surface area contributed by atoms with Crippen LogP contribution in [0.3, 0.4) is 0 Å². The van der Waals surface area contributed by atoms with Gasteiger partial charge in [-0.2, -0.15) is 0 Å². The normalized spacial score (nSPS) is 12.2. The van der Waals surface area contributed by atoms with Gasteiger partial charge in [0.05, 0.1) is 9.79 Å². The summed E-state index contributed by atoms with van der Waals surface area (Å²) in [6.45, 7) is 0. The lowest BCUT2D eigenvalue weighted by Crippen LogP contribution is -1.96. The lowest BCUT2D eigenvalue weighted by Gasteiger charge is -2.05. The molecule has 0 aliphatic rings. The van der Waals surface area contributed by atoms with Gasteiger partial charge in [0.1, 0.15) is 11.6 Å². The molecule has 0 radical (unpaired) electrons. The molecular formula is C15H10O4S7. The van der Waals surface area contributed by atoms with Crippen molar-refractivity contribution in [2.24, 2.45) is 0 Å². The number of benzene rings is 2. The van der Waals surface area contributed by atoms with E-state index < -0.39 is 17.7 Å². The smallest absolute Gasteiger partial charge is 0.212 e. The molecule has 0 aliphatic heterocycles. The van der Waals surface area contributed by atoms with Gasteiger partial charge in [-0.25, -0.2) is 16.8 Å². The van der Waals surface area contributed by atoms with Crippen LogP contribution < -0.4 is 0 Å². The summed E-state index contributed by atoms with van der Waals surface area (Å²) in [6, 6.07) is 16.0. The van der Waals surface area contributed by atoms with Crippen molar-refractivity contribution in [3.8, 4) is 0 Å². The third-order valence-corrected chi connectivity index (χ3v) is 13.5. The van der Waals surface area contributed by atoms with Gasteiger partial charge >= 0.3 is 0 Å². The maximum atomic E-state index is 12.6. The third kappa shape index (κ3) is 4.77. The van der Waals surface area contributed by atoms with Crippen molar-refractivity contribution in [3.05, 3.63) is 63.8 Å². The highest BCUT2D eigenvalue weighted by molar-refractivity contribution is 8.74. The van der Waals surface area contributed by atoms with Crippen LogP contribution in [0.4, 0.5) is 0 Å². The summed E-state index contributed by atoms with van der Waals surface area (Å²) in [5.74, 6) is 0. The van der Waals surface area contributed by atoms with E-state index in [0.717, 1.165) is 22.7 Å². The van der Waals surface area contributed by atoms with Crippen LogP contribution in [0.1, 0.15) is 0 Å². The van der Waals surface area contributed by atoms with Crippen molar-refractivity contribution in [2.75, 3.05) is 0 Å². The summed E-state index contributed by atoms with van der Waals surface area (Å²) in [4.78, 5) is 0.326. The van der Waals surface area contributed by atoms with E-state index in [9.17, 15) is 16.8 Å². The molecule has 0 bridgehead atoms. The Kier molecular flexibility index (Phi) is 6.27. The molecule has 1 aromatic heterocycles. The summed E-state index contributed by atoms with van der Waals surface area (Å²) in [7, 11) is -6.06. The molecule has 4 nitrogen and oxygen atoms in total. The van der Waals surface area contributed by atoms with Gasteiger partial charge in [-0.15, -0.1) is 22.7 Å². The second-order valence-electron chi connectivity index (χ2n) is 4.73. The molecule has 0 atom stereocenters. The Morgan fingerprint density at radius 3 is 1.35 bits per heavy atom. The van der Waals surface area contributed by atoms with Gasteiger partial charge in [0.15, 0.2) is 0 Å². The molecule has 0 N–H and O–H groups in total. The zero-order valence-electron chi connectivity index (χ0n) is 12.8. The van der Waals surface area contributed by atoms with Crippen LogP contribution in [-0.2, 0) is 17.7 Å². The molecule has 0 spiro atoms. The number of hydrogen-bond acceptors (Lipinski definition) is 9. The zero-order chi connectivity index (χ0) is 18.8. The molecule has 1 heterocycles. The molecule has 26 heavy (non-hydrogen) atoms. The second kappa shape index (κ2) is 8.13. The molecule has 2 aromatic carbocycles. The predicted octanol–water partition coefficient (Wildman–Crippen LogP) is 5.50. The SMILES string of the molecule is O=S(=O)(Sc1sc(=S)sc1SS(=O)(=O)c1ccccc1)c1ccccc1. The Hall–Kier alpha value is -0.690. The number of rotatable bonds is 6. The first-order valence-electron chi connectivity index (χ1n) is 6.91. The van der Waals surface area contributed by atoms with Crippen LogP contribution in [0, 0.1) is 3.14 Å². The van der Waals surface area contributed by atoms with E-state index in [1.54, 1.807) is 36.4 Å². The molecule has 3 aromatic rings. The fourth-order valence-electron chi connectivity index (χ4n) is 1.83. The Labute approximate surface area is 171 Å². The maximum absolute atomic E-state index is 12.6. The van der Waals surface area contributed by atoms with Crippen LogP contribution in [0.5, 0.6) is 0 Å². The van der Waals surface area contributed by atoms with Gasteiger partial charge in [0, 0.05) is 21.6 Å². The molecular weight excluding hydrogens is 469 g/mol. The van der Waals surface area contributed by atoms with Crippen molar-refractivity contribution in [1.82, 2.24) is 0 Å². The van der Waals surface area contributed by atoms with Gasteiger partial charge in [-0.05, 0) is 24.3 Å². The van der Waals surface area contributed by atoms with E-state index in [4.69, 9.17) is 12.2 Å². The van der Waals surface area contributed by atoms with Crippen molar-refractivity contribution in [1.29, 1.82) is 0 Å². The second-order valence-corrected chi connectivity index (χ2v) is 16.0. The molecule has 3 rings (SSSR count). The predicted molar refractivity (Wildman–Crippen MR) is 112 cm³/mol. The summed E-state index contributed by atoms with van der Waals surface area (Å²) < 4.78 is 51.5. The van der Waals surface area contributed by atoms with E-state index in [1.807, 2.05) is 0 Å². The third-order valence-electron chi connectivity index (χ3n) is 2.95. The van der Waals surface area contributed by atoms with Crippen LogP contribution in [0.25, 0.3) is 0 Å². The van der Waals surface area contributed by atoms with Crippen LogP contribution >= 0.6 is 56.5 Å². The fraction of sp³-hybridized carbons (Fsp3) is 0. The van der Waals surface area contributed by atoms with Crippen LogP contribution in [0.15, 0.2) is 78.9 Å². The minimum Gasteiger partial charge on any atom is -0.212 e. The fourth-order valence-corrected chi connectivity index (χ4v) is 13.4. The van der Waals surface area contributed by atoms with E-state index in [-0.39, 0.29) is 9.79 Å². The molecule has 11 heteroatoms. The van der Waals surface area contributed by atoms with Gasteiger partial charge in [0.25, 0.3) is 0 Å². The van der Waals surface area contributed by atoms with Gasteiger partial charge in [-0.1, -0.05) is 48.6 Å². The first-order valence-corrected chi connectivity index (χ1v) is 14.6. The Bertz CT molecular complexity index is 1070. The largest absolute Gasteiger partial charge is 0.235 e. The average molecular weight is 479 g/mol. The van der Waals surface area contributed by atoms with Crippen molar-refractivity contribution in [3.63, 3.8) is 0 Å². The molecule has 136 valence electrons. The molecule has 0 aliphatic carbocycles. The van der Waals surface area contributed by atoms with Crippen LogP contribution in [0.2, 0.25) is 0 Å². The van der Waals surface area contributed by atoms with E-state index in [0.29, 0.717) is 33.1 Å². The zero-order valence-corrected chi connectivity index (χ0v) is 18.5. The van der Waals surface area contributed by atoms with E-state index >= 15 is 0 Å². The summed E-state index contributed by atoms with van der Waals surface area (Å²) in [5.41, 5.74) is 0. The van der Waals surface area contributed by atoms with E-state index in [2.05, 4.69) is 0 Å². The average Bonchev–Trinajstić information content (AvgIpc) is 2.94. The van der Waals surface area contributed by atoms with Gasteiger partial charge < -0.3 is 0 Å². The highest BCUT2D eigenvalue weighted by Crippen LogP contribution is 2.47. The Balaban J connectivity index is 1.94. The standard InChI is InChI=1S/C15H10O4S7/c16-25(17,11-7-3-1-4-8-11)23-13-14(22-15(20)21-13)24-26(18,19)12-9-5-2-6-10-12/h1-10H. The van der Waals surface area contributed by atoms with Gasteiger partial charge in [-0.3, -0.25) is 0 Å². The molecule has 0 saturated carbocycles. The quantitative estimate of drug-likeness (QED) is 0.342. The minimum absolute atomic E-state index is 0.163. The summed E-state index contributed by atoms with van der Waals surface area (Å²) >= 11 is 7.36. The summed E-state index contributed by atoms with van der Waals surface area (Å²) in [5, 5.41) is 0. The van der Waals surface area contributed by atoms with Crippen molar-refractivity contribution < 1.29 is 16.8 Å². The molecule has 0 saturated heterocycles. The highest BCUT2D eigenvalue weighted by atomic mass is 33.1. The van der Waals surface area contributed by atoms with Crippen molar-refractivity contribution >= 4 is 74.2 Å². The first-order chi connectivity index (χ1) is 12.3. The van der Waals surface area contributed by atoms with Crippen LogP contribution in [-0.4, -0.2) is 16.8 Å². The monoisotopic (exact) mass is 478 g/mol.